The average Bonchev–Trinajstić information content (AvgIpc) is 3.36. The van der Waals surface area contributed by atoms with Gasteiger partial charge in [-0.3, -0.25) is 0 Å². The van der Waals surface area contributed by atoms with Crippen LogP contribution in [0.15, 0.2) is 53.6 Å². The lowest BCUT2D eigenvalue weighted by molar-refractivity contribution is -0.435. The molecule has 0 radical (unpaired) electrons. The molecule has 7 heteroatoms. The third-order valence-electron chi connectivity index (χ3n) is 4.00. The Morgan fingerprint density at radius 1 is 0.720 bits per heavy atom. The van der Waals surface area contributed by atoms with E-state index in [1.165, 1.54) is 0 Å². The topological polar surface area (TPSA) is 75.4 Å². The van der Waals surface area contributed by atoms with Crippen LogP contribution < -0.4 is 0 Å². The zero-order valence-corrected chi connectivity index (χ0v) is 13.5. The average molecular weight is 342 g/mol. The van der Waals surface area contributed by atoms with Crippen LogP contribution in [0.2, 0.25) is 0 Å². The van der Waals surface area contributed by atoms with Crippen LogP contribution in [0.5, 0.6) is 0 Å². The largest absolute Gasteiger partial charge is 0.594 e. The molecular weight excluding hydrogens is 324 g/mol. The van der Waals surface area contributed by atoms with Gasteiger partial charge in [0.15, 0.2) is 12.6 Å². The molecule has 7 nitrogen and oxygen atoms in total. The second-order valence-corrected chi connectivity index (χ2v) is 5.70. The standard InChI is InChI=1S/C18H18N2O5/c21-20(16-7-3-14(4-8-16)18-24-11-12-25-18)19-15-5-1-13(2-6-15)17-22-9-10-23-17/h1-8,17-18H,9-12H2. The molecule has 2 aliphatic heterocycles. The molecule has 0 N–H and O–H groups in total. The molecule has 0 unspecified atom stereocenters. The van der Waals surface area contributed by atoms with Gasteiger partial charge in [0.25, 0.3) is 0 Å². The Morgan fingerprint density at radius 3 is 1.64 bits per heavy atom. The Labute approximate surface area is 145 Å². The van der Waals surface area contributed by atoms with E-state index in [2.05, 4.69) is 5.11 Å². The fourth-order valence-corrected chi connectivity index (χ4v) is 2.72. The van der Waals surface area contributed by atoms with Crippen molar-refractivity contribution in [3.63, 3.8) is 0 Å². The van der Waals surface area contributed by atoms with Gasteiger partial charge in [-0.05, 0) is 24.3 Å². The number of benzene rings is 2. The molecule has 0 aromatic heterocycles. The fraction of sp³-hybridized carbons (Fsp3) is 0.333. The van der Waals surface area contributed by atoms with E-state index in [0.29, 0.717) is 42.7 Å². The Morgan fingerprint density at radius 2 is 1.16 bits per heavy atom. The van der Waals surface area contributed by atoms with Gasteiger partial charge in [-0.15, -0.1) is 0 Å². The zero-order chi connectivity index (χ0) is 17.1. The smallest absolute Gasteiger partial charge is 0.244 e. The highest BCUT2D eigenvalue weighted by Crippen LogP contribution is 2.27. The summed E-state index contributed by atoms with van der Waals surface area (Å²) in [6.07, 6.45) is -0.677. The molecule has 2 heterocycles. The Kier molecular flexibility index (Phi) is 4.71. The molecule has 0 aliphatic carbocycles. The van der Waals surface area contributed by atoms with Crippen molar-refractivity contribution in [1.29, 1.82) is 0 Å². The first-order valence-corrected chi connectivity index (χ1v) is 8.15. The first-order valence-electron chi connectivity index (χ1n) is 8.15. The van der Waals surface area contributed by atoms with Crippen molar-refractivity contribution in [2.24, 2.45) is 5.11 Å². The molecule has 0 saturated carbocycles. The van der Waals surface area contributed by atoms with E-state index in [1.54, 1.807) is 24.3 Å². The van der Waals surface area contributed by atoms with Gasteiger partial charge in [0.1, 0.15) is 5.69 Å². The maximum atomic E-state index is 12.2. The molecule has 2 aromatic rings. The highest BCUT2D eigenvalue weighted by atomic mass is 16.7. The van der Waals surface area contributed by atoms with E-state index in [9.17, 15) is 5.21 Å². The molecular formula is C18H18N2O5. The number of hydrogen-bond donors (Lipinski definition) is 0. The minimum atomic E-state index is -0.348. The third-order valence-corrected chi connectivity index (χ3v) is 4.00. The number of rotatable bonds is 4. The normalized spacial score (nSPS) is 19.6. The SMILES string of the molecule is [O-][N+](=Nc1ccc(C2OCCO2)cc1)c1ccc(C2OCCO2)cc1. The van der Waals surface area contributed by atoms with Crippen molar-refractivity contribution in [1.82, 2.24) is 0 Å². The minimum absolute atomic E-state index is 0.329. The van der Waals surface area contributed by atoms with Crippen LogP contribution in [-0.4, -0.2) is 31.3 Å². The predicted octanol–water partition coefficient (Wildman–Crippen LogP) is 3.70. The molecule has 0 spiro atoms. The highest BCUT2D eigenvalue weighted by Gasteiger charge is 2.19. The number of nitrogens with zero attached hydrogens (tertiary/aromatic N) is 2. The van der Waals surface area contributed by atoms with Crippen LogP contribution in [0, 0.1) is 5.21 Å². The second-order valence-electron chi connectivity index (χ2n) is 5.70. The van der Waals surface area contributed by atoms with Crippen LogP contribution in [-0.2, 0) is 18.9 Å². The molecule has 0 amide bonds. The lowest BCUT2D eigenvalue weighted by Gasteiger charge is -2.09. The summed E-state index contributed by atoms with van der Waals surface area (Å²) >= 11 is 0. The summed E-state index contributed by atoms with van der Waals surface area (Å²) in [5.41, 5.74) is 2.79. The van der Waals surface area contributed by atoms with E-state index in [4.69, 9.17) is 18.9 Å². The molecule has 2 saturated heterocycles. The van der Waals surface area contributed by atoms with Crippen molar-refractivity contribution in [2.75, 3.05) is 26.4 Å². The summed E-state index contributed by atoms with van der Waals surface area (Å²) in [5, 5.41) is 16.3. The molecule has 0 atom stereocenters. The van der Waals surface area contributed by atoms with Crippen molar-refractivity contribution in [3.05, 3.63) is 64.9 Å². The first-order chi connectivity index (χ1) is 12.3. The van der Waals surface area contributed by atoms with Crippen LogP contribution in [0.25, 0.3) is 0 Å². The summed E-state index contributed by atoms with van der Waals surface area (Å²) in [6, 6.07) is 14.2. The number of azo groups is 1. The molecule has 0 bridgehead atoms. The van der Waals surface area contributed by atoms with E-state index < -0.39 is 0 Å². The quantitative estimate of drug-likeness (QED) is 0.481. The van der Waals surface area contributed by atoms with Crippen molar-refractivity contribution in [3.8, 4) is 0 Å². The maximum absolute atomic E-state index is 12.2. The van der Waals surface area contributed by atoms with E-state index in [1.807, 2.05) is 24.3 Å². The van der Waals surface area contributed by atoms with Crippen LogP contribution >= 0.6 is 0 Å². The summed E-state index contributed by atoms with van der Waals surface area (Å²) in [6.45, 7) is 2.36. The van der Waals surface area contributed by atoms with Crippen LogP contribution in [0.3, 0.4) is 0 Å². The maximum Gasteiger partial charge on any atom is 0.244 e. The summed E-state index contributed by atoms with van der Waals surface area (Å²) in [5.74, 6) is 0. The molecule has 2 fully saturated rings. The third kappa shape index (κ3) is 3.69. The van der Waals surface area contributed by atoms with Gasteiger partial charge in [-0.25, -0.2) is 0 Å². The van der Waals surface area contributed by atoms with Crippen LogP contribution in [0.1, 0.15) is 23.7 Å². The number of ether oxygens (including phenoxy) is 4. The Bertz CT molecular complexity index is 733. The molecule has 130 valence electrons. The van der Waals surface area contributed by atoms with Gasteiger partial charge in [0.05, 0.1) is 26.4 Å². The molecule has 2 aromatic carbocycles. The van der Waals surface area contributed by atoms with Gasteiger partial charge in [0.2, 0.25) is 5.69 Å². The summed E-state index contributed by atoms with van der Waals surface area (Å²) in [4.78, 5) is 0.595. The number of hydrogen-bond acceptors (Lipinski definition) is 6. The van der Waals surface area contributed by atoms with Gasteiger partial charge in [0, 0.05) is 28.4 Å². The Balaban J connectivity index is 1.46. The van der Waals surface area contributed by atoms with Crippen molar-refractivity contribution in [2.45, 2.75) is 12.6 Å². The summed E-state index contributed by atoms with van der Waals surface area (Å²) in [7, 11) is 0. The van der Waals surface area contributed by atoms with Crippen molar-refractivity contribution < 1.29 is 23.8 Å². The molecule has 25 heavy (non-hydrogen) atoms. The lowest BCUT2D eigenvalue weighted by atomic mass is 10.2. The van der Waals surface area contributed by atoms with E-state index in [-0.39, 0.29) is 12.6 Å². The molecule has 4 rings (SSSR count). The van der Waals surface area contributed by atoms with E-state index in [0.717, 1.165) is 11.1 Å². The predicted molar refractivity (Wildman–Crippen MR) is 87.5 cm³/mol. The van der Waals surface area contributed by atoms with Gasteiger partial charge in [-0.2, -0.15) is 0 Å². The fourth-order valence-electron chi connectivity index (χ4n) is 2.72. The lowest BCUT2D eigenvalue weighted by Crippen LogP contribution is -1.98. The van der Waals surface area contributed by atoms with Crippen LogP contribution in [0.4, 0.5) is 11.4 Å². The zero-order valence-electron chi connectivity index (χ0n) is 13.5. The minimum Gasteiger partial charge on any atom is -0.594 e. The van der Waals surface area contributed by atoms with Gasteiger partial charge < -0.3 is 24.2 Å². The second kappa shape index (κ2) is 7.28. The van der Waals surface area contributed by atoms with E-state index >= 15 is 0 Å². The van der Waals surface area contributed by atoms with Gasteiger partial charge >= 0.3 is 0 Å². The first kappa shape index (κ1) is 16.2. The summed E-state index contributed by atoms with van der Waals surface area (Å²) < 4.78 is 21.7. The molecule has 2 aliphatic rings. The Hall–Kier alpha value is -2.32. The monoisotopic (exact) mass is 342 g/mol. The van der Waals surface area contributed by atoms with Crippen molar-refractivity contribution >= 4 is 11.4 Å². The van der Waals surface area contributed by atoms with Gasteiger partial charge in [-0.1, -0.05) is 17.0 Å². The highest BCUT2D eigenvalue weighted by molar-refractivity contribution is 5.39.